The van der Waals surface area contributed by atoms with E-state index < -0.39 is 5.60 Å². The van der Waals surface area contributed by atoms with Gasteiger partial charge in [0.05, 0.1) is 0 Å². The van der Waals surface area contributed by atoms with Crippen LogP contribution >= 0.6 is 0 Å². The second-order valence-electron chi connectivity index (χ2n) is 3.45. The molecule has 0 aliphatic heterocycles. The molecule has 0 aromatic heterocycles. The average Bonchev–Trinajstić information content (AvgIpc) is 2.08. The van der Waals surface area contributed by atoms with Crippen LogP contribution in [0.2, 0.25) is 0 Å². The Bertz CT molecular complexity index is 354. The lowest BCUT2D eigenvalue weighted by Crippen LogP contribution is -2.24. The van der Waals surface area contributed by atoms with Gasteiger partial charge < -0.3 is 5.11 Å². The van der Waals surface area contributed by atoms with E-state index in [9.17, 15) is 9.50 Å². The van der Waals surface area contributed by atoms with Crippen molar-refractivity contribution in [1.82, 2.24) is 0 Å². The van der Waals surface area contributed by atoms with Crippen LogP contribution in [0.4, 0.5) is 4.39 Å². The molecule has 14 heavy (non-hydrogen) atoms. The normalized spacial score (nSPS) is 14.0. The van der Waals surface area contributed by atoms with Crippen LogP contribution in [-0.2, 0) is 6.42 Å². The molecule has 0 fully saturated rings. The van der Waals surface area contributed by atoms with E-state index in [1.807, 2.05) is 0 Å². The van der Waals surface area contributed by atoms with Crippen molar-refractivity contribution in [2.75, 3.05) is 0 Å². The first-order valence-corrected chi connectivity index (χ1v) is 4.44. The summed E-state index contributed by atoms with van der Waals surface area (Å²) >= 11 is 0. The predicted molar refractivity (Wildman–Crippen MR) is 54.2 cm³/mol. The summed E-state index contributed by atoms with van der Waals surface area (Å²) in [5.74, 6) is 5.09. The van der Waals surface area contributed by atoms with Crippen LogP contribution in [0.3, 0.4) is 0 Å². The molecule has 2 heteroatoms. The number of benzene rings is 1. The molecular weight excluding hydrogens is 179 g/mol. The molecule has 74 valence electrons. The Morgan fingerprint density at radius 3 is 2.43 bits per heavy atom. The third-order valence-corrected chi connectivity index (χ3v) is 1.86. The van der Waals surface area contributed by atoms with Crippen LogP contribution in [0.25, 0.3) is 0 Å². The number of rotatable bonds is 2. The molecule has 1 atom stereocenters. The Kier molecular flexibility index (Phi) is 3.27. The number of aliphatic hydroxyl groups is 1. The van der Waals surface area contributed by atoms with Gasteiger partial charge in [0.2, 0.25) is 0 Å². The number of hydrogen-bond donors (Lipinski definition) is 1. The summed E-state index contributed by atoms with van der Waals surface area (Å²) in [7, 11) is 0. The van der Waals surface area contributed by atoms with Gasteiger partial charge in [-0.2, -0.15) is 0 Å². The van der Waals surface area contributed by atoms with E-state index in [4.69, 9.17) is 0 Å². The summed E-state index contributed by atoms with van der Waals surface area (Å²) in [5.41, 5.74) is -0.161. The highest BCUT2D eigenvalue weighted by Crippen LogP contribution is 2.12. The molecule has 0 saturated carbocycles. The highest BCUT2D eigenvalue weighted by atomic mass is 19.1. The lowest BCUT2D eigenvalue weighted by Gasteiger charge is -2.15. The molecule has 1 rings (SSSR count). The lowest BCUT2D eigenvalue weighted by molar-refractivity contribution is 0.122. The molecule has 0 spiro atoms. The van der Waals surface area contributed by atoms with Gasteiger partial charge in [-0.05, 0) is 31.5 Å². The van der Waals surface area contributed by atoms with Crippen LogP contribution in [0.5, 0.6) is 0 Å². The summed E-state index contributed by atoms with van der Waals surface area (Å²) in [4.78, 5) is 0. The molecular formula is C12H13FO. The molecule has 0 aliphatic rings. The van der Waals surface area contributed by atoms with Gasteiger partial charge in [-0.1, -0.05) is 18.1 Å². The largest absolute Gasteiger partial charge is 0.378 e. The topological polar surface area (TPSA) is 20.2 Å². The first-order valence-electron chi connectivity index (χ1n) is 4.44. The van der Waals surface area contributed by atoms with Gasteiger partial charge in [0.25, 0.3) is 0 Å². The molecule has 1 unspecified atom stereocenters. The fourth-order valence-corrected chi connectivity index (χ4v) is 1.31. The minimum absolute atomic E-state index is 0.269. The Hall–Kier alpha value is -1.33. The summed E-state index contributed by atoms with van der Waals surface area (Å²) in [6, 6.07) is 6.07. The maximum absolute atomic E-state index is 12.6. The fraction of sp³-hybridized carbons (Fsp3) is 0.333. The first kappa shape index (κ1) is 10.7. The van der Waals surface area contributed by atoms with Gasteiger partial charge >= 0.3 is 0 Å². The van der Waals surface area contributed by atoms with Gasteiger partial charge in [0.1, 0.15) is 11.4 Å². The zero-order valence-corrected chi connectivity index (χ0v) is 8.34. The third kappa shape index (κ3) is 3.20. The minimum Gasteiger partial charge on any atom is -0.378 e. The maximum atomic E-state index is 12.6. The molecule has 0 saturated heterocycles. The molecule has 0 aliphatic carbocycles. The van der Waals surface area contributed by atoms with Crippen LogP contribution in [0, 0.1) is 17.7 Å². The quantitative estimate of drug-likeness (QED) is 0.712. The molecule has 0 heterocycles. The van der Waals surface area contributed by atoms with Crippen molar-refractivity contribution in [3.63, 3.8) is 0 Å². The summed E-state index contributed by atoms with van der Waals surface area (Å²) in [6.07, 6.45) is 0.411. The highest BCUT2D eigenvalue weighted by Gasteiger charge is 2.16. The van der Waals surface area contributed by atoms with Gasteiger partial charge in [-0.25, -0.2) is 4.39 Å². The van der Waals surface area contributed by atoms with Crippen molar-refractivity contribution >= 4 is 0 Å². The van der Waals surface area contributed by atoms with Crippen molar-refractivity contribution in [2.45, 2.75) is 25.9 Å². The van der Waals surface area contributed by atoms with Crippen LogP contribution in [-0.4, -0.2) is 10.7 Å². The fourth-order valence-electron chi connectivity index (χ4n) is 1.31. The van der Waals surface area contributed by atoms with E-state index in [1.54, 1.807) is 26.0 Å². The number of halogens is 1. The molecule has 0 bridgehead atoms. The standard InChI is InChI=1S/C12H13FO/c1-3-8-12(2,14)9-10-4-6-11(13)7-5-10/h4-7,14H,9H2,1-2H3. The zero-order valence-electron chi connectivity index (χ0n) is 8.34. The van der Waals surface area contributed by atoms with Gasteiger partial charge in [-0.15, -0.1) is 5.92 Å². The van der Waals surface area contributed by atoms with Crippen molar-refractivity contribution in [3.05, 3.63) is 35.6 Å². The van der Waals surface area contributed by atoms with E-state index >= 15 is 0 Å². The Labute approximate surface area is 83.6 Å². The molecule has 1 nitrogen and oxygen atoms in total. The SMILES string of the molecule is CC#CC(C)(O)Cc1ccc(F)cc1. The second kappa shape index (κ2) is 4.26. The second-order valence-corrected chi connectivity index (χ2v) is 3.45. The van der Waals surface area contributed by atoms with E-state index in [0.29, 0.717) is 6.42 Å². The Morgan fingerprint density at radius 2 is 1.93 bits per heavy atom. The Balaban J connectivity index is 2.77. The van der Waals surface area contributed by atoms with Gasteiger partial charge in [0, 0.05) is 6.42 Å². The lowest BCUT2D eigenvalue weighted by atomic mass is 9.97. The zero-order chi connectivity index (χ0) is 10.6. The van der Waals surface area contributed by atoms with E-state index in [0.717, 1.165) is 5.56 Å². The number of hydrogen-bond acceptors (Lipinski definition) is 1. The van der Waals surface area contributed by atoms with Crippen molar-refractivity contribution in [1.29, 1.82) is 0 Å². The molecule has 0 radical (unpaired) electrons. The predicted octanol–water partition coefficient (Wildman–Crippen LogP) is 2.14. The minimum atomic E-state index is -1.04. The van der Waals surface area contributed by atoms with E-state index in [2.05, 4.69) is 11.8 Å². The summed E-state index contributed by atoms with van der Waals surface area (Å²) in [6.45, 7) is 3.33. The van der Waals surface area contributed by atoms with Gasteiger partial charge in [0.15, 0.2) is 0 Å². The average molecular weight is 192 g/mol. The maximum Gasteiger partial charge on any atom is 0.126 e. The van der Waals surface area contributed by atoms with Gasteiger partial charge in [-0.3, -0.25) is 0 Å². The first-order chi connectivity index (χ1) is 6.53. The van der Waals surface area contributed by atoms with Crippen molar-refractivity contribution in [2.24, 2.45) is 0 Å². The molecule has 1 aromatic rings. The van der Waals surface area contributed by atoms with Crippen molar-refractivity contribution < 1.29 is 9.50 Å². The van der Waals surface area contributed by atoms with E-state index in [1.165, 1.54) is 12.1 Å². The molecule has 1 aromatic carbocycles. The highest BCUT2D eigenvalue weighted by molar-refractivity contribution is 5.22. The van der Waals surface area contributed by atoms with Crippen molar-refractivity contribution in [3.8, 4) is 11.8 Å². The third-order valence-electron chi connectivity index (χ3n) is 1.86. The van der Waals surface area contributed by atoms with Crippen LogP contribution in [0.15, 0.2) is 24.3 Å². The Morgan fingerprint density at radius 1 is 1.36 bits per heavy atom. The summed E-state index contributed by atoms with van der Waals surface area (Å²) in [5, 5.41) is 9.77. The molecule has 0 amide bonds. The summed E-state index contributed by atoms with van der Waals surface area (Å²) < 4.78 is 12.6. The van der Waals surface area contributed by atoms with Crippen LogP contribution in [0.1, 0.15) is 19.4 Å². The monoisotopic (exact) mass is 192 g/mol. The smallest absolute Gasteiger partial charge is 0.126 e. The molecule has 1 N–H and O–H groups in total. The van der Waals surface area contributed by atoms with Crippen LogP contribution < -0.4 is 0 Å². The van der Waals surface area contributed by atoms with E-state index in [-0.39, 0.29) is 5.82 Å².